The first-order chi connectivity index (χ1) is 12.6. The Bertz CT molecular complexity index is 994. The quantitative estimate of drug-likeness (QED) is 0.429. The molecule has 0 bridgehead atoms. The minimum atomic E-state index is -0.114. The summed E-state index contributed by atoms with van der Waals surface area (Å²) in [4.78, 5) is 4.52. The van der Waals surface area contributed by atoms with Gasteiger partial charge in [-0.05, 0) is 42.3 Å². The van der Waals surface area contributed by atoms with E-state index in [4.69, 9.17) is 27.6 Å². The van der Waals surface area contributed by atoms with E-state index in [9.17, 15) is 0 Å². The summed E-state index contributed by atoms with van der Waals surface area (Å²) in [6.45, 7) is 2.07. The van der Waals surface area contributed by atoms with Gasteiger partial charge in [-0.15, -0.1) is 0 Å². The van der Waals surface area contributed by atoms with Crippen LogP contribution in [0, 0.1) is 6.92 Å². The Morgan fingerprint density at radius 2 is 1.46 bits per heavy atom. The van der Waals surface area contributed by atoms with Gasteiger partial charge in [0.25, 0.3) is 6.01 Å². The van der Waals surface area contributed by atoms with Crippen LogP contribution in [-0.2, 0) is 0 Å². The lowest BCUT2D eigenvalue weighted by Crippen LogP contribution is -2.12. The average molecular weight is 383 g/mol. The highest BCUT2D eigenvalue weighted by atomic mass is 35.5. The normalized spacial score (nSPS) is 12.3. The van der Waals surface area contributed by atoms with Crippen LogP contribution in [0.15, 0.2) is 71.1 Å². The number of aryl methyl sites for hydroxylation is 1. The molecule has 1 atom stereocenters. The number of oxazole rings is 1. The van der Waals surface area contributed by atoms with Gasteiger partial charge >= 0.3 is 0 Å². The van der Waals surface area contributed by atoms with Crippen LogP contribution in [0.3, 0.4) is 0 Å². The van der Waals surface area contributed by atoms with E-state index in [0.29, 0.717) is 21.6 Å². The number of fused-ring (bicyclic) bond motifs is 1. The van der Waals surface area contributed by atoms with E-state index in [1.54, 1.807) is 12.1 Å². The van der Waals surface area contributed by atoms with Gasteiger partial charge in [0.15, 0.2) is 5.58 Å². The maximum atomic E-state index is 6.05. The van der Waals surface area contributed by atoms with Gasteiger partial charge in [0.2, 0.25) is 0 Å². The second kappa shape index (κ2) is 7.02. The summed E-state index contributed by atoms with van der Waals surface area (Å²) in [6.07, 6.45) is 0. The van der Waals surface area contributed by atoms with Gasteiger partial charge in [0.05, 0.1) is 6.04 Å². The lowest BCUT2D eigenvalue weighted by atomic mass is 9.98. The Morgan fingerprint density at radius 1 is 0.846 bits per heavy atom. The molecule has 0 spiro atoms. The molecule has 4 rings (SSSR count). The molecule has 1 unspecified atom stereocenters. The highest BCUT2D eigenvalue weighted by Gasteiger charge is 2.17. The maximum Gasteiger partial charge on any atom is 0.296 e. The van der Waals surface area contributed by atoms with Crippen LogP contribution in [0.25, 0.3) is 11.1 Å². The Hall–Kier alpha value is -2.49. The molecule has 0 radical (unpaired) electrons. The summed E-state index contributed by atoms with van der Waals surface area (Å²) < 4.78 is 5.84. The zero-order valence-electron chi connectivity index (χ0n) is 14.0. The fourth-order valence-electron chi connectivity index (χ4n) is 2.86. The number of nitrogens with one attached hydrogen (secondary N) is 1. The average Bonchev–Trinajstić information content (AvgIpc) is 3.03. The van der Waals surface area contributed by atoms with Gasteiger partial charge in [-0.1, -0.05) is 65.2 Å². The van der Waals surface area contributed by atoms with Crippen molar-refractivity contribution < 1.29 is 4.42 Å². The Morgan fingerprint density at radius 3 is 2.15 bits per heavy atom. The molecule has 4 aromatic rings. The first-order valence-corrected chi connectivity index (χ1v) is 8.99. The number of nitrogens with zero attached hydrogens (tertiary/aromatic N) is 1. The number of anilines is 1. The number of aromatic nitrogens is 1. The summed E-state index contributed by atoms with van der Waals surface area (Å²) in [5.74, 6) is 0. The highest BCUT2D eigenvalue weighted by molar-refractivity contribution is 6.31. The van der Waals surface area contributed by atoms with E-state index in [1.807, 2.05) is 30.3 Å². The van der Waals surface area contributed by atoms with Crippen LogP contribution in [0.1, 0.15) is 22.7 Å². The van der Waals surface area contributed by atoms with E-state index in [1.165, 1.54) is 5.56 Å². The number of hydrogen-bond acceptors (Lipinski definition) is 3. The molecular formula is C21H16Cl2N2O. The molecule has 0 fully saturated rings. The molecule has 0 saturated heterocycles. The molecule has 0 saturated carbocycles. The molecule has 0 aliphatic heterocycles. The summed E-state index contributed by atoms with van der Waals surface area (Å²) in [5, 5.41) is 4.72. The van der Waals surface area contributed by atoms with Crippen molar-refractivity contribution in [3.63, 3.8) is 0 Å². The van der Waals surface area contributed by atoms with Crippen molar-refractivity contribution in [3.05, 3.63) is 93.5 Å². The largest absolute Gasteiger partial charge is 0.423 e. The van der Waals surface area contributed by atoms with Crippen LogP contribution in [0.5, 0.6) is 0 Å². The van der Waals surface area contributed by atoms with E-state index in [0.717, 1.165) is 16.6 Å². The molecule has 3 nitrogen and oxygen atoms in total. The molecule has 1 aromatic heterocycles. The zero-order chi connectivity index (χ0) is 18.1. The van der Waals surface area contributed by atoms with Crippen LogP contribution < -0.4 is 5.32 Å². The summed E-state index contributed by atoms with van der Waals surface area (Å²) in [6, 6.07) is 21.9. The maximum absolute atomic E-state index is 6.05. The van der Waals surface area contributed by atoms with Crippen LogP contribution in [0.2, 0.25) is 10.0 Å². The molecule has 0 aliphatic carbocycles. The van der Waals surface area contributed by atoms with Gasteiger partial charge in [0, 0.05) is 16.1 Å². The third-order valence-corrected chi connectivity index (χ3v) is 4.72. The Labute approximate surface area is 161 Å². The fourth-order valence-corrected chi connectivity index (χ4v) is 3.14. The first kappa shape index (κ1) is 17.0. The van der Waals surface area contributed by atoms with Crippen molar-refractivity contribution in [2.45, 2.75) is 13.0 Å². The van der Waals surface area contributed by atoms with Gasteiger partial charge < -0.3 is 9.73 Å². The second-order valence-electron chi connectivity index (χ2n) is 6.17. The monoisotopic (exact) mass is 382 g/mol. The van der Waals surface area contributed by atoms with Crippen LogP contribution >= 0.6 is 23.2 Å². The van der Waals surface area contributed by atoms with E-state index >= 15 is 0 Å². The molecule has 0 aliphatic rings. The second-order valence-corrected chi connectivity index (χ2v) is 7.04. The predicted octanol–water partition coefficient (Wildman–Crippen LogP) is 6.64. The smallest absolute Gasteiger partial charge is 0.296 e. The molecule has 5 heteroatoms. The highest BCUT2D eigenvalue weighted by Crippen LogP contribution is 2.30. The van der Waals surface area contributed by atoms with Gasteiger partial charge in [-0.3, -0.25) is 0 Å². The third kappa shape index (κ3) is 3.55. The molecule has 1 N–H and O–H groups in total. The minimum absolute atomic E-state index is 0.114. The number of rotatable bonds is 4. The van der Waals surface area contributed by atoms with Crippen molar-refractivity contribution in [2.75, 3.05) is 5.32 Å². The van der Waals surface area contributed by atoms with Crippen molar-refractivity contribution in [1.29, 1.82) is 0 Å². The molecule has 1 heterocycles. The van der Waals surface area contributed by atoms with E-state index in [-0.39, 0.29) is 6.04 Å². The van der Waals surface area contributed by atoms with Crippen molar-refractivity contribution in [1.82, 2.24) is 4.98 Å². The van der Waals surface area contributed by atoms with Crippen LogP contribution in [0.4, 0.5) is 6.01 Å². The lowest BCUT2D eigenvalue weighted by molar-refractivity contribution is 0.607. The molecule has 3 aromatic carbocycles. The zero-order valence-corrected chi connectivity index (χ0v) is 15.6. The van der Waals surface area contributed by atoms with Gasteiger partial charge in [-0.2, -0.15) is 4.98 Å². The standard InChI is InChI=1S/C21H16Cl2N2O/c1-13-2-4-14(5-3-13)20(15-6-8-16(22)9-7-15)25-21-24-18-11-10-17(23)12-19(18)26-21/h2-12,20H,1H3,(H,24,25). The Balaban J connectivity index is 1.73. The topological polar surface area (TPSA) is 38.1 Å². The molecule has 26 heavy (non-hydrogen) atoms. The van der Waals surface area contributed by atoms with E-state index < -0.39 is 0 Å². The Kier molecular flexibility index (Phi) is 4.58. The fraction of sp³-hybridized carbons (Fsp3) is 0.0952. The SMILES string of the molecule is Cc1ccc(C(Nc2nc3ccc(Cl)cc3o2)c2ccc(Cl)cc2)cc1. The number of halogens is 2. The van der Waals surface area contributed by atoms with Gasteiger partial charge in [-0.25, -0.2) is 0 Å². The summed E-state index contributed by atoms with van der Waals surface area (Å²) in [7, 11) is 0. The third-order valence-electron chi connectivity index (χ3n) is 4.23. The van der Waals surface area contributed by atoms with Crippen molar-refractivity contribution >= 4 is 40.3 Å². The summed E-state index contributed by atoms with van der Waals surface area (Å²) >= 11 is 12.1. The summed E-state index contributed by atoms with van der Waals surface area (Å²) in [5.41, 5.74) is 4.80. The minimum Gasteiger partial charge on any atom is -0.423 e. The number of benzene rings is 3. The van der Waals surface area contributed by atoms with E-state index in [2.05, 4.69) is 41.5 Å². The first-order valence-electron chi connectivity index (χ1n) is 8.23. The van der Waals surface area contributed by atoms with Crippen molar-refractivity contribution in [3.8, 4) is 0 Å². The van der Waals surface area contributed by atoms with Gasteiger partial charge in [0.1, 0.15) is 5.52 Å². The molecular weight excluding hydrogens is 367 g/mol. The molecule has 130 valence electrons. The van der Waals surface area contributed by atoms with Crippen LogP contribution in [-0.4, -0.2) is 4.98 Å². The molecule has 0 amide bonds. The number of hydrogen-bond donors (Lipinski definition) is 1. The lowest BCUT2D eigenvalue weighted by Gasteiger charge is -2.19. The van der Waals surface area contributed by atoms with Crippen molar-refractivity contribution in [2.24, 2.45) is 0 Å². The predicted molar refractivity (Wildman–Crippen MR) is 107 cm³/mol.